The fourth-order valence-electron chi connectivity index (χ4n) is 5.16. The number of carbonyl (C=O) groups is 8. The summed E-state index contributed by atoms with van der Waals surface area (Å²) in [6.07, 6.45) is 4.85. The standard InChI is InChI=1S/C30H44N4O12S/c1-34(2,21-47(43,44)45)19-17-31-30(42)22(20-24(36)10-6-12-29(41)46-33-27(39)15-16-28(33)40)8-4-3-5-9-23(35)11-7-18-32-25(37)13-14-26(32)38/h13-14,22H,3-12,15-21H2,1-2H3,(H-,31,42,43,44,45). The summed E-state index contributed by atoms with van der Waals surface area (Å²) >= 11 is 0. The molecule has 16 nitrogen and oxygen atoms in total. The number of hydroxylamine groups is 2. The lowest BCUT2D eigenvalue weighted by molar-refractivity contribution is -0.877. The van der Waals surface area contributed by atoms with E-state index in [1.807, 2.05) is 0 Å². The number of quaternary nitrogens is 1. The second-order valence-electron chi connectivity index (χ2n) is 12.4. The van der Waals surface area contributed by atoms with Crippen LogP contribution in [0.2, 0.25) is 0 Å². The van der Waals surface area contributed by atoms with Gasteiger partial charge in [-0.25, -0.2) is 13.2 Å². The van der Waals surface area contributed by atoms with Gasteiger partial charge in [-0.15, -0.1) is 5.06 Å². The van der Waals surface area contributed by atoms with Gasteiger partial charge in [-0.05, 0) is 25.7 Å². The lowest BCUT2D eigenvalue weighted by Gasteiger charge is -2.30. The highest BCUT2D eigenvalue weighted by atomic mass is 32.2. The van der Waals surface area contributed by atoms with Crippen LogP contribution < -0.4 is 5.32 Å². The zero-order valence-electron chi connectivity index (χ0n) is 26.9. The van der Waals surface area contributed by atoms with Crippen molar-refractivity contribution in [1.29, 1.82) is 0 Å². The topological polar surface area (TPSA) is 221 Å². The van der Waals surface area contributed by atoms with Gasteiger partial charge in [0, 0.05) is 69.6 Å². The van der Waals surface area contributed by atoms with Crippen molar-refractivity contribution < 1.29 is 60.6 Å². The molecule has 0 aromatic carbocycles. The summed E-state index contributed by atoms with van der Waals surface area (Å²) in [5.41, 5.74) is 0. The molecular formula is C30H44N4O12S. The minimum Gasteiger partial charge on any atom is -0.744 e. The molecule has 0 aromatic rings. The fourth-order valence-corrected chi connectivity index (χ4v) is 6.14. The Labute approximate surface area is 274 Å². The van der Waals surface area contributed by atoms with Crippen LogP contribution in [-0.2, 0) is 53.3 Å². The number of likely N-dealkylation sites (N-methyl/N-ethyl adjacent to an activating group) is 1. The normalized spacial score (nSPS) is 15.8. The van der Waals surface area contributed by atoms with E-state index < -0.39 is 57.4 Å². The monoisotopic (exact) mass is 684 g/mol. The predicted molar refractivity (Wildman–Crippen MR) is 162 cm³/mol. The maximum atomic E-state index is 13.0. The summed E-state index contributed by atoms with van der Waals surface area (Å²) in [5, 5.41) is 3.14. The Morgan fingerprint density at radius 3 is 2.09 bits per heavy atom. The molecule has 2 rings (SSSR count). The number of hydrogen-bond donors (Lipinski definition) is 1. The maximum absolute atomic E-state index is 13.0. The van der Waals surface area contributed by atoms with Crippen molar-refractivity contribution in [2.45, 2.75) is 83.5 Å². The molecule has 0 spiro atoms. The van der Waals surface area contributed by atoms with Gasteiger partial charge in [0.25, 0.3) is 23.6 Å². The average Bonchev–Trinajstić information content (AvgIpc) is 3.45. The lowest BCUT2D eigenvalue weighted by Crippen LogP contribution is -2.48. The smallest absolute Gasteiger partial charge is 0.333 e. The van der Waals surface area contributed by atoms with Gasteiger partial charge in [0.2, 0.25) is 5.91 Å². The van der Waals surface area contributed by atoms with Crippen LogP contribution in [0.1, 0.15) is 83.5 Å². The Bertz CT molecular complexity index is 1320. The average molecular weight is 685 g/mol. The Morgan fingerprint density at radius 2 is 1.47 bits per heavy atom. The van der Waals surface area contributed by atoms with E-state index in [4.69, 9.17) is 4.84 Å². The summed E-state index contributed by atoms with van der Waals surface area (Å²) < 4.78 is 33.3. The fraction of sp³-hybridized carbons (Fsp3) is 0.667. The maximum Gasteiger partial charge on any atom is 0.333 e. The molecule has 2 aliphatic rings. The van der Waals surface area contributed by atoms with Crippen molar-refractivity contribution in [2.75, 3.05) is 39.6 Å². The third-order valence-corrected chi connectivity index (χ3v) is 8.67. The highest BCUT2D eigenvalue weighted by Gasteiger charge is 2.33. The first-order valence-corrected chi connectivity index (χ1v) is 17.2. The Hall–Kier alpha value is -3.83. The number of rotatable bonds is 23. The molecule has 5 amide bonds. The molecule has 0 saturated carbocycles. The number of unbranched alkanes of at least 4 members (excludes halogenated alkanes) is 2. The van der Waals surface area contributed by atoms with E-state index in [2.05, 4.69) is 5.32 Å². The van der Waals surface area contributed by atoms with Crippen molar-refractivity contribution >= 4 is 57.2 Å². The van der Waals surface area contributed by atoms with E-state index in [1.54, 1.807) is 0 Å². The molecule has 2 aliphatic heterocycles. The number of nitrogens with zero attached hydrogens (tertiary/aromatic N) is 3. The highest BCUT2D eigenvalue weighted by Crippen LogP contribution is 2.19. The van der Waals surface area contributed by atoms with Gasteiger partial charge in [0.05, 0.1) is 27.2 Å². The number of amides is 5. The lowest BCUT2D eigenvalue weighted by atomic mass is 9.92. The second kappa shape index (κ2) is 18.5. The van der Waals surface area contributed by atoms with Crippen molar-refractivity contribution in [3.63, 3.8) is 0 Å². The molecule has 1 N–H and O–H groups in total. The van der Waals surface area contributed by atoms with Crippen LogP contribution in [0.15, 0.2) is 12.2 Å². The summed E-state index contributed by atoms with van der Waals surface area (Å²) in [7, 11) is -1.42. The van der Waals surface area contributed by atoms with Crippen molar-refractivity contribution in [3.05, 3.63) is 12.2 Å². The highest BCUT2D eigenvalue weighted by molar-refractivity contribution is 7.85. The van der Waals surface area contributed by atoms with Crippen LogP contribution >= 0.6 is 0 Å². The molecule has 1 saturated heterocycles. The zero-order chi connectivity index (χ0) is 35.2. The first-order valence-electron chi connectivity index (χ1n) is 15.6. The quantitative estimate of drug-likeness (QED) is 0.0663. The van der Waals surface area contributed by atoms with Gasteiger partial charge in [-0.1, -0.05) is 12.8 Å². The molecule has 1 atom stereocenters. The first kappa shape index (κ1) is 39.3. The third kappa shape index (κ3) is 15.1. The van der Waals surface area contributed by atoms with E-state index in [1.165, 1.54) is 26.2 Å². The van der Waals surface area contributed by atoms with E-state index in [0.29, 0.717) is 37.2 Å². The Balaban J connectivity index is 1.80. The van der Waals surface area contributed by atoms with Gasteiger partial charge in [0.15, 0.2) is 5.88 Å². The van der Waals surface area contributed by atoms with Gasteiger partial charge in [-0.2, -0.15) is 0 Å². The van der Waals surface area contributed by atoms with E-state index in [0.717, 1.165) is 4.90 Å². The molecule has 1 unspecified atom stereocenters. The molecule has 0 aliphatic carbocycles. The molecule has 1 fully saturated rings. The number of hydrogen-bond acceptors (Lipinski definition) is 12. The van der Waals surface area contributed by atoms with Crippen LogP contribution in [-0.4, -0.2) is 114 Å². The van der Waals surface area contributed by atoms with Crippen molar-refractivity contribution in [2.24, 2.45) is 5.92 Å². The Morgan fingerprint density at radius 1 is 0.872 bits per heavy atom. The van der Waals surface area contributed by atoms with Crippen molar-refractivity contribution in [1.82, 2.24) is 15.3 Å². The number of imide groups is 2. The number of nitrogens with one attached hydrogen (secondary N) is 1. The molecule has 0 aromatic heterocycles. The summed E-state index contributed by atoms with van der Waals surface area (Å²) in [6.45, 7) is 0.380. The van der Waals surface area contributed by atoms with Gasteiger partial charge < -0.3 is 19.2 Å². The molecule has 0 radical (unpaired) electrons. The van der Waals surface area contributed by atoms with E-state index in [9.17, 15) is 51.3 Å². The minimum atomic E-state index is -4.49. The van der Waals surface area contributed by atoms with Gasteiger partial charge in [-0.3, -0.25) is 38.5 Å². The molecule has 47 heavy (non-hydrogen) atoms. The summed E-state index contributed by atoms with van der Waals surface area (Å²) in [6, 6.07) is 0. The van der Waals surface area contributed by atoms with E-state index in [-0.39, 0.29) is 87.1 Å². The Kier molecular flexibility index (Phi) is 15.5. The van der Waals surface area contributed by atoms with Gasteiger partial charge in [0.1, 0.15) is 21.7 Å². The molecule has 0 bridgehead atoms. The number of Topliss-reactive ketones (excluding diaryl/α,β-unsaturated/α-hetero) is 2. The predicted octanol–water partition coefficient (Wildman–Crippen LogP) is 0.259. The van der Waals surface area contributed by atoms with Crippen LogP contribution in [0.5, 0.6) is 0 Å². The summed E-state index contributed by atoms with van der Waals surface area (Å²) in [4.78, 5) is 102. The molecular weight excluding hydrogens is 640 g/mol. The molecule has 2 heterocycles. The van der Waals surface area contributed by atoms with E-state index >= 15 is 0 Å². The van der Waals surface area contributed by atoms with Crippen LogP contribution in [0.3, 0.4) is 0 Å². The summed E-state index contributed by atoms with van der Waals surface area (Å²) in [5.74, 6) is -4.96. The van der Waals surface area contributed by atoms with Crippen LogP contribution in [0.4, 0.5) is 0 Å². The molecule has 262 valence electrons. The number of carbonyl (C=O) groups excluding carboxylic acids is 8. The zero-order valence-corrected chi connectivity index (χ0v) is 27.7. The van der Waals surface area contributed by atoms with Crippen molar-refractivity contribution in [3.8, 4) is 0 Å². The van der Waals surface area contributed by atoms with Gasteiger partial charge >= 0.3 is 5.97 Å². The minimum absolute atomic E-state index is 0.0145. The molecule has 17 heteroatoms. The van der Waals surface area contributed by atoms with Crippen LogP contribution in [0.25, 0.3) is 0 Å². The SMILES string of the molecule is C[N+](C)(CCNC(=O)C(CCCCCC(=O)CCCN1C(=O)C=CC1=O)CC(=O)CCCC(=O)ON1C(=O)CCC1=O)CS(=O)(=O)[O-]. The first-order chi connectivity index (χ1) is 22.0. The number of ketones is 2. The third-order valence-electron chi connectivity index (χ3n) is 7.65. The largest absolute Gasteiger partial charge is 0.744 e. The van der Waals surface area contributed by atoms with Crippen LogP contribution in [0, 0.1) is 5.92 Å². The second-order valence-corrected chi connectivity index (χ2v) is 13.8.